The van der Waals surface area contributed by atoms with Crippen molar-refractivity contribution in [3.8, 4) is 0 Å². The van der Waals surface area contributed by atoms with Crippen molar-refractivity contribution in [2.45, 2.75) is 39.3 Å². The standard InChI is InChI=1S/C20H27NO2/c1-15(2)20(22)23-19-13-14-21-18(16(19)3)12-8-7-11-17-9-5-4-6-10-17/h4-12,15-16,18-19,21H,13-14H2,1-3H3/t16-,18-,19+/m1/s1. The monoisotopic (exact) mass is 313 g/mol. The fourth-order valence-corrected chi connectivity index (χ4v) is 2.68. The minimum Gasteiger partial charge on any atom is -0.462 e. The molecule has 0 bridgehead atoms. The van der Waals surface area contributed by atoms with E-state index in [4.69, 9.17) is 4.74 Å². The second kappa shape index (κ2) is 8.68. The zero-order valence-electron chi connectivity index (χ0n) is 14.2. The van der Waals surface area contributed by atoms with Gasteiger partial charge in [-0.15, -0.1) is 0 Å². The van der Waals surface area contributed by atoms with Crippen molar-refractivity contribution in [2.24, 2.45) is 11.8 Å². The normalized spacial score (nSPS) is 25.3. The van der Waals surface area contributed by atoms with Crippen LogP contribution >= 0.6 is 0 Å². The summed E-state index contributed by atoms with van der Waals surface area (Å²) in [4.78, 5) is 11.8. The average molecular weight is 313 g/mol. The summed E-state index contributed by atoms with van der Waals surface area (Å²) in [5, 5.41) is 3.49. The van der Waals surface area contributed by atoms with Crippen LogP contribution in [-0.4, -0.2) is 24.7 Å². The molecule has 0 spiro atoms. The summed E-state index contributed by atoms with van der Waals surface area (Å²) >= 11 is 0. The Morgan fingerprint density at radius 3 is 2.70 bits per heavy atom. The molecule has 0 saturated carbocycles. The highest BCUT2D eigenvalue weighted by Crippen LogP contribution is 2.22. The highest BCUT2D eigenvalue weighted by molar-refractivity contribution is 5.71. The Labute approximate surface area is 139 Å². The van der Waals surface area contributed by atoms with E-state index in [-0.39, 0.29) is 30.0 Å². The fraction of sp³-hybridized carbons (Fsp3) is 0.450. The van der Waals surface area contributed by atoms with Crippen LogP contribution in [0.2, 0.25) is 0 Å². The van der Waals surface area contributed by atoms with Crippen LogP contribution in [0.1, 0.15) is 32.8 Å². The second-order valence-electron chi connectivity index (χ2n) is 6.41. The maximum Gasteiger partial charge on any atom is 0.308 e. The molecule has 1 N–H and O–H groups in total. The third-order valence-corrected chi connectivity index (χ3v) is 4.22. The predicted molar refractivity (Wildman–Crippen MR) is 94.9 cm³/mol. The first-order valence-electron chi connectivity index (χ1n) is 8.41. The van der Waals surface area contributed by atoms with Gasteiger partial charge in [0.25, 0.3) is 0 Å². The lowest BCUT2D eigenvalue weighted by Gasteiger charge is -2.35. The van der Waals surface area contributed by atoms with Gasteiger partial charge < -0.3 is 10.1 Å². The largest absolute Gasteiger partial charge is 0.462 e. The Hall–Kier alpha value is -1.87. The third-order valence-electron chi connectivity index (χ3n) is 4.22. The van der Waals surface area contributed by atoms with Gasteiger partial charge in [-0.3, -0.25) is 4.79 Å². The molecule has 0 radical (unpaired) electrons. The molecular formula is C20H27NO2. The number of benzene rings is 1. The van der Waals surface area contributed by atoms with E-state index in [2.05, 4.69) is 42.6 Å². The van der Waals surface area contributed by atoms with E-state index in [1.807, 2.05) is 38.1 Å². The number of allylic oxidation sites excluding steroid dienone is 2. The van der Waals surface area contributed by atoms with Gasteiger partial charge in [0.15, 0.2) is 0 Å². The number of rotatable bonds is 5. The SMILES string of the molecule is CC(C)C(=O)O[C@H]1CCN[C@H](C=CC=Cc2ccccc2)[C@H]1C. The zero-order valence-corrected chi connectivity index (χ0v) is 14.2. The van der Waals surface area contributed by atoms with Crippen molar-refractivity contribution in [1.82, 2.24) is 5.32 Å². The number of nitrogens with one attached hydrogen (secondary N) is 1. The number of hydrogen-bond donors (Lipinski definition) is 1. The number of piperidine rings is 1. The van der Waals surface area contributed by atoms with Crippen molar-refractivity contribution < 1.29 is 9.53 Å². The van der Waals surface area contributed by atoms with Crippen molar-refractivity contribution in [3.63, 3.8) is 0 Å². The van der Waals surface area contributed by atoms with Gasteiger partial charge in [0.2, 0.25) is 0 Å². The molecule has 0 aromatic heterocycles. The molecule has 3 atom stereocenters. The zero-order chi connectivity index (χ0) is 16.7. The number of hydrogen-bond acceptors (Lipinski definition) is 3. The highest BCUT2D eigenvalue weighted by atomic mass is 16.5. The minimum atomic E-state index is -0.101. The lowest BCUT2D eigenvalue weighted by Crippen LogP contribution is -2.48. The van der Waals surface area contributed by atoms with Crippen LogP contribution in [0.25, 0.3) is 6.08 Å². The van der Waals surface area contributed by atoms with E-state index < -0.39 is 0 Å². The van der Waals surface area contributed by atoms with E-state index >= 15 is 0 Å². The summed E-state index contributed by atoms with van der Waals surface area (Å²) in [7, 11) is 0. The van der Waals surface area contributed by atoms with Gasteiger partial charge in [-0.05, 0) is 18.5 Å². The van der Waals surface area contributed by atoms with Crippen LogP contribution in [0.3, 0.4) is 0 Å². The lowest BCUT2D eigenvalue weighted by atomic mass is 9.89. The molecule has 1 aromatic carbocycles. The van der Waals surface area contributed by atoms with E-state index in [1.165, 1.54) is 5.56 Å². The summed E-state index contributed by atoms with van der Waals surface area (Å²) < 4.78 is 5.64. The Balaban J connectivity index is 1.90. The summed E-state index contributed by atoms with van der Waals surface area (Å²) in [6.07, 6.45) is 9.23. The molecule has 23 heavy (non-hydrogen) atoms. The van der Waals surface area contributed by atoms with Crippen LogP contribution in [0, 0.1) is 11.8 Å². The quantitative estimate of drug-likeness (QED) is 0.663. The smallest absolute Gasteiger partial charge is 0.308 e. The molecule has 3 nitrogen and oxygen atoms in total. The summed E-state index contributed by atoms with van der Waals surface area (Å²) in [5.41, 5.74) is 1.19. The maximum atomic E-state index is 11.8. The topological polar surface area (TPSA) is 38.3 Å². The summed E-state index contributed by atoms with van der Waals surface area (Å²) in [6.45, 7) is 6.76. The Morgan fingerprint density at radius 2 is 2.00 bits per heavy atom. The number of esters is 1. The molecule has 1 saturated heterocycles. The first-order valence-corrected chi connectivity index (χ1v) is 8.41. The molecule has 1 aliphatic heterocycles. The van der Waals surface area contributed by atoms with Crippen molar-refractivity contribution in [2.75, 3.05) is 6.54 Å². The highest BCUT2D eigenvalue weighted by Gasteiger charge is 2.31. The van der Waals surface area contributed by atoms with Crippen LogP contribution in [0.4, 0.5) is 0 Å². The fourth-order valence-electron chi connectivity index (χ4n) is 2.68. The van der Waals surface area contributed by atoms with Crippen molar-refractivity contribution in [1.29, 1.82) is 0 Å². The number of carbonyl (C=O) groups is 1. The van der Waals surface area contributed by atoms with Crippen LogP contribution in [-0.2, 0) is 9.53 Å². The summed E-state index contributed by atoms with van der Waals surface area (Å²) in [5.74, 6) is 0.100. The van der Waals surface area contributed by atoms with E-state index in [9.17, 15) is 4.79 Å². The van der Waals surface area contributed by atoms with E-state index in [0.717, 1.165) is 13.0 Å². The van der Waals surface area contributed by atoms with Crippen molar-refractivity contribution >= 4 is 12.0 Å². The molecule has 0 aliphatic carbocycles. The average Bonchev–Trinajstić information content (AvgIpc) is 2.55. The molecule has 1 heterocycles. The minimum absolute atomic E-state index is 0.00102. The van der Waals surface area contributed by atoms with E-state index in [0.29, 0.717) is 0 Å². The first kappa shape index (κ1) is 17.5. The van der Waals surface area contributed by atoms with Gasteiger partial charge in [-0.1, -0.05) is 75.4 Å². The number of ether oxygens (including phenoxy) is 1. The molecule has 1 aliphatic rings. The third kappa shape index (κ3) is 5.36. The Kier molecular flexibility index (Phi) is 6.60. The molecule has 0 unspecified atom stereocenters. The van der Waals surface area contributed by atoms with Gasteiger partial charge >= 0.3 is 5.97 Å². The molecule has 0 amide bonds. The second-order valence-corrected chi connectivity index (χ2v) is 6.41. The first-order chi connectivity index (χ1) is 11.1. The van der Waals surface area contributed by atoms with Crippen LogP contribution in [0.5, 0.6) is 0 Å². The van der Waals surface area contributed by atoms with Gasteiger partial charge in [0.1, 0.15) is 6.10 Å². The van der Waals surface area contributed by atoms with Crippen LogP contribution in [0.15, 0.2) is 48.6 Å². The Morgan fingerprint density at radius 1 is 1.26 bits per heavy atom. The van der Waals surface area contributed by atoms with Crippen LogP contribution < -0.4 is 5.32 Å². The van der Waals surface area contributed by atoms with Gasteiger partial charge in [0, 0.05) is 12.0 Å². The predicted octanol–water partition coefficient (Wildman–Crippen LogP) is 3.82. The van der Waals surface area contributed by atoms with Crippen molar-refractivity contribution in [3.05, 3.63) is 54.1 Å². The molecule has 3 heteroatoms. The summed E-state index contributed by atoms with van der Waals surface area (Å²) in [6, 6.07) is 10.5. The molecule has 1 fully saturated rings. The molecular weight excluding hydrogens is 286 g/mol. The maximum absolute atomic E-state index is 11.8. The Bertz CT molecular complexity index is 548. The number of carbonyl (C=O) groups excluding carboxylic acids is 1. The van der Waals surface area contributed by atoms with Gasteiger partial charge in [-0.25, -0.2) is 0 Å². The van der Waals surface area contributed by atoms with Gasteiger partial charge in [-0.2, -0.15) is 0 Å². The lowest BCUT2D eigenvalue weighted by molar-refractivity contribution is -0.157. The molecule has 124 valence electrons. The van der Waals surface area contributed by atoms with E-state index in [1.54, 1.807) is 0 Å². The van der Waals surface area contributed by atoms with Gasteiger partial charge in [0.05, 0.1) is 5.92 Å². The molecule has 2 rings (SSSR count). The molecule has 1 aromatic rings.